The van der Waals surface area contributed by atoms with Gasteiger partial charge in [-0.05, 0) is 51.3 Å². The minimum Gasteiger partial charge on any atom is -0.506 e. The summed E-state index contributed by atoms with van der Waals surface area (Å²) in [5, 5.41) is 14.8. The van der Waals surface area contributed by atoms with Crippen molar-refractivity contribution < 1.29 is 5.11 Å². The maximum atomic E-state index is 12.8. The normalized spacial score (nSPS) is 11.4. The van der Waals surface area contributed by atoms with Gasteiger partial charge in [0.2, 0.25) is 0 Å². The van der Waals surface area contributed by atoms with E-state index in [2.05, 4.69) is 10.2 Å². The topological polar surface area (TPSA) is 52.6 Å². The minimum absolute atomic E-state index is 0.0274. The summed E-state index contributed by atoms with van der Waals surface area (Å²) in [6.45, 7) is 1.77. The second-order valence-corrected chi connectivity index (χ2v) is 6.90. The van der Waals surface area contributed by atoms with Crippen molar-refractivity contribution in [2.24, 2.45) is 0 Å². The van der Waals surface area contributed by atoms with Crippen molar-refractivity contribution in [3.8, 4) is 5.75 Å². The third-order valence-corrected chi connectivity index (χ3v) is 5.00. The van der Waals surface area contributed by atoms with Crippen LogP contribution in [0.15, 0.2) is 41.2 Å². The molecule has 0 fully saturated rings. The number of fused-ring (bicyclic) bond motifs is 2. The monoisotopic (exact) mass is 328 g/mol. The molecule has 3 aromatic rings. The standard InChI is InChI=1S/C18H20N2O2S/c1-20(2)11-5-10-19-13-8-9-14(21)18-16(13)17(22)12-6-3-4-7-15(12)23-18/h3-4,6-9,19,21H,5,10-11H2,1-2H3. The molecule has 4 nitrogen and oxygen atoms in total. The summed E-state index contributed by atoms with van der Waals surface area (Å²) in [5.41, 5.74) is 0.768. The fourth-order valence-electron chi connectivity index (χ4n) is 2.65. The molecule has 0 bridgehead atoms. The van der Waals surface area contributed by atoms with Gasteiger partial charge in [-0.15, -0.1) is 11.3 Å². The summed E-state index contributed by atoms with van der Waals surface area (Å²) in [7, 11) is 4.08. The molecule has 1 heterocycles. The van der Waals surface area contributed by atoms with E-state index in [-0.39, 0.29) is 11.2 Å². The van der Waals surface area contributed by atoms with Gasteiger partial charge < -0.3 is 15.3 Å². The van der Waals surface area contributed by atoms with Crippen molar-refractivity contribution in [2.75, 3.05) is 32.5 Å². The Morgan fingerprint density at radius 1 is 1.17 bits per heavy atom. The molecule has 0 unspecified atom stereocenters. The Morgan fingerprint density at radius 3 is 2.74 bits per heavy atom. The molecule has 0 aliphatic carbocycles. The molecule has 23 heavy (non-hydrogen) atoms. The number of anilines is 1. The molecule has 0 aliphatic heterocycles. The third kappa shape index (κ3) is 3.16. The molecule has 3 rings (SSSR count). The van der Waals surface area contributed by atoms with Gasteiger partial charge in [0.15, 0.2) is 5.43 Å². The Balaban J connectivity index is 2.07. The Bertz CT molecular complexity index is 903. The zero-order chi connectivity index (χ0) is 16.4. The lowest BCUT2D eigenvalue weighted by Crippen LogP contribution is -2.17. The lowest BCUT2D eigenvalue weighted by atomic mass is 10.1. The number of hydrogen-bond acceptors (Lipinski definition) is 5. The van der Waals surface area contributed by atoms with E-state index in [0.29, 0.717) is 15.5 Å². The largest absolute Gasteiger partial charge is 0.506 e. The van der Waals surface area contributed by atoms with Crippen LogP contribution in [0.25, 0.3) is 20.2 Å². The molecule has 0 saturated heterocycles. The molecule has 0 aliphatic rings. The summed E-state index contributed by atoms with van der Waals surface area (Å²) in [4.78, 5) is 15.0. The maximum Gasteiger partial charge on any atom is 0.198 e. The predicted molar refractivity (Wildman–Crippen MR) is 98.9 cm³/mol. The molecule has 0 amide bonds. The van der Waals surface area contributed by atoms with Crippen LogP contribution in [0.3, 0.4) is 0 Å². The number of nitrogens with one attached hydrogen (secondary N) is 1. The second kappa shape index (κ2) is 6.56. The van der Waals surface area contributed by atoms with Crippen molar-refractivity contribution >= 4 is 37.2 Å². The first kappa shape index (κ1) is 15.8. The first-order valence-electron chi connectivity index (χ1n) is 7.64. The van der Waals surface area contributed by atoms with Gasteiger partial charge in [-0.25, -0.2) is 0 Å². The Hall–Kier alpha value is -2.11. The van der Waals surface area contributed by atoms with Crippen LogP contribution in [0.4, 0.5) is 5.69 Å². The summed E-state index contributed by atoms with van der Waals surface area (Å²) in [6.07, 6.45) is 0.987. The van der Waals surface area contributed by atoms with Gasteiger partial charge in [0, 0.05) is 22.3 Å². The fourth-order valence-corrected chi connectivity index (χ4v) is 3.77. The van der Waals surface area contributed by atoms with Gasteiger partial charge in [-0.1, -0.05) is 12.1 Å². The number of benzene rings is 2. The average Bonchev–Trinajstić information content (AvgIpc) is 2.54. The van der Waals surface area contributed by atoms with Crippen molar-refractivity contribution in [2.45, 2.75) is 6.42 Å². The van der Waals surface area contributed by atoms with Crippen LogP contribution in [0.5, 0.6) is 5.75 Å². The number of aromatic hydroxyl groups is 1. The SMILES string of the molecule is CN(C)CCCNc1ccc(O)c2sc3ccccc3c(=O)c12. The number of hydrogen-bond donors (Lipinski definition) is 2. The molecule has 0 saturated carbocycles. The number of phenolic OH excluding ortho intramolecular Hbond substituents is 1. The van der Waals surface area contributed by atoms with E-state index in [1.807, 2.05) is 38.4 Å². The first-order chi connectivity index (χ1) is 11.1. The zero-order valence-corrected chi connectivity index (χ0v) is 14.1. The van der Waals surface area contributed by atoms with Crippen molar-refractivity contribution in [3.63, 3.8) is 0 Å². The van der Waals surface area contributed by atoms with Gasteiger partial charge >= 0.3 is 0 Å². The lowest BCUT2D eigenvalue weighted by Gasteiger charge is -2.13. The summed E-state index contributed by atoms with van der Waals surface area (Å²) in [6, 6.07) is 11.0. The van der Waals surface area contributed by atoms with Crippen molar-refractivity contribution in [1.29, 1.82) is 0 Å². The Kier molecular flexibility index (Phi) is 4.50. The van der Waals surface area contributed by atoms with E-state index in [9.17, 15) is 9.90 Å². The molecule has 2 N–H and O–H groups in total. The summed E-state index contributed by atoms with van der Waals surface area (Å²) >= 11 is 1.45. The van der Waals surface area contributed by atoms with Crippen LogP contribution < -0.4 is 10.7 Å². The Morgan fingerprint density at radius 2 is 1.96 bits per heavy atom. The van der Waals surface area contributed by atoms with Gasteiger partial charge in [-0.2, -0.15) is 0 Å². The van der Waals surface area contributed by atoms with E-state index in [1.54, 1.807) is 12.1 Å². The molecular formula is C18H20N2O2S. The quantitative estimate of drug-likeness (QED) is 0.428. The van der Waals surface area contributed by atoms with Crippen LogP contribution in [-0.4, -0.2) is 37.2 Å². The minimum atomic E-state index is -0.0274. The highest BCUT2D eigenvalue weighted by Crippen LogP contribution is 2.35. The highest BCUT2D eigenvalue weighted by Gasteiger charge is 2.13. The van der Waals surface area contributed by atoms with Gasteiger partial charge in [0.1, 0.15) is 5.75 Å². The highest BCUT2D eigenvalue weighted by molar-refractivity contribution is 7.25. The number of rotatable bonds is 5. The van der Waals surface area contributed by atoms with Gasteiger partial charge in [0.05, 0.1) is 10.1 Å². The predicted octanol–water partition coefficient (Wildman–Crippen LogP) is 3.48. The molecular weight excluding hydrogens is 308 g/mol. The molecule has 2 aromatic carbocycles. The molecule has 0 atom stereocenters. The van der Waals surface area contributed by atoms with E-state index in [0.717, 1.165) is 29.9 Å². The van der Waals surface area contributed by atoms with E-state index >= 15 is 0 Å². The second-order valence-electron chi connectivity index (χ2n) is 5.85. The summed E-state index contributed by atoms with van der Waals surface area (Å²) in [5.74, 6) is 0.159. The zero-order valence-electron chi connectivity index (χ0n) is 13.3. The fraction of sp³-hybridized carbons (Fsp3) is 0.278. The molecule has 0 radical (unpaired) electrons. The lowest BCUT2D eigenvalue weighted by molar-refractivity contribution is 0.405. The van der Waals surface area contributed by atoms with Crippen LogP contribution in [0, 0.1) is 0 Å². The maximum absolute atomic E-state index is 12.8. The van der Waals surface area contributed by atoms with Crippen LogP contribution in [0.1, 0.15) is 6.42 Å². The van der Waals surface area contributed by atoms with E-state index < -0.39 is 0 Å². The smallest absolute Gasteiger partial charge is 0.198 e. The van der Waals surface area contributed by atoms with Gasteiger partial charge in [0.25, 0.3) is 0 Å². The molecule has 1 aromatic heterocycles. The van der Waals surface area contributed by atoms with Crippen molar-refractivity contribution in [1.82, 2.24) is 4.90 Å². The van der Waals surface area contributed by atoms with Crippen LogP contribution >= 0.6 is 11.3 Å². The highest BCUT2D eigenvalue weighted by atomic mass is 32.1. The first-order valence-corrected chi connectivity index (χ1v) is 8.45. The molecule has 120 valence electrons. The third-order valence-electron chi connectivity index (χ3n) is 3.81. The van der Waals surface area contributed by atoms with E-state index in [1.165, 1.54) is 11.3 Å². The van der Waals surface area contributed by atoms with Crippen molar-refractivity contribution in [3.05, 3.63) is 46.6 Å². The molecule has 5 heteroatoms. The van der Waals surface area contributed by atoms with Crippen LogP contribution in [0.2, 0.25) is 0 Å². The number of nitrogens with zero attached hydrogens (tertiary/aromatic N) is 1. The molecule has 0 spiro atoms. The van der Waals surface area contributed by atoms with Crippen LogP contribution in [-0.2, 0) is 0 Å². The van der Waals surface area contributed by atoms with Gasteiger partial charge in [-0.3, -0.25) is 4.79 Å². The number of phenols is 1. The average molecular weight is 328 g/mol. The van der Waals surface area contributed by atoms with E-state index in [4.69, 9.17) is 0 Å². The Labute approximate surface area is 139 Å². The summed E-state index contributed by atoms with van der Waals surface area (Å²) < 4.78 is 1.54.